The van der Waals surface area contributed by atoms with Crippen molar-refractivity contribution in [2.75, 3.05) is 39.9 Å². The Morgan fingerprint density at radius 3 is 2.31 bits per heavy atom. The van der Waals surface area contributed by atoms with Crippen molar-refractivity contribution in [3.05, 3.63) is 0 Å². The number of ether oxygens (including phenoxy) is 1. The lowest BCUT2D eigenvalue weighted by Crippen LogP contribution is -2.36. The molecule has 4 heteroatoms. The first kappa shape index (κ1) is 15.4. The minimum Gasteiger partial charge on any atom is -0.379 e. The van der Waals surface area contributed by atoms with Crippen LogP contribution in [0.1, 0.15) is 33.1 Å². The molecule has 1 aliphatic heterocycles. The van der Waals surface area contributed by atoms with Gasteiger partial charge in [-0.25, -0.2) is 0 Å². The third-order valence-electron chi connectivity index (χ3n) is 2.53. The number of rotatable bonds is 4. The van der Waals surface area contributed by atoms with Crippen LogP contribution in [-0.2, 0) is 9.53 Å². The van der Waals surface area contributed by atoms with E-state index in [1.807, 2.05) is 6.92 Å². The van der Waals surface area contributed by atoms with Gasteiger partial charge in [-0.1, -0.05) is 20.3 Å². The van der Waals surface area contributed by atoms with E-state index < -0.39 is 0 Å². The first-order chi connectivity index (χ1) is 7.74. The average Bonchev–Trinajstić information content (AvgIpc) is 2.37. The highest BCUT2D eigenvalue weighted by Crippen LogP contribution is 1.98. The van der Waals surface area contributed by atoms with Crippen molar-refractivity contribution in [1.82, 2.24) is 10.2 Å². The van der Waals surface area contributed by atoms with Gasteiger partial charge in [-0.05, 0) is 13.0 Å². The van der Waals surface area contributed by atoms with E-state index >= 15 is 0 Å². The van der Waals surface area contributed by atoms with Gasteiger partial charge in [0.1, 0.15) is 0 Å². The minimum atomic E-state index is 0.0926. The van der Waals surface area contributed by atoms with Gasteiger partial charge in [-0.3, -0.25) is 9.69 Å². The van der Waals surface area contributed by atoms with Crippen molar-refractivity contribution in [2.24, 2.45) is 0 Å². The number of carbonyl (C=O) groups is 1. The molecular weight excluding hydrogens is 204 g/mol. The first-order valence-corrected chi connectivity index (χ1v) is 6.25. The predicted molar refractivity (Wildman–Crippen MR) is 66.5 cm³/mol. The number of unbranched alkanes of at least 4 members (excludes halogenated alkanes) is 1. The second-order valence-electron chi connectivity index (χ2n) is 3.83. The van der Waals surface area contributed by atoms with Gasteiger partial charge in [0, 0.05) is 26.6 Å². The number of nitrogens with one attached hydrogen (secondary N) is 1. The number of hydrogen-bond acceptors (Lipinski definition) is 3. The molecule has 0 aromatic heterocycles. The summed E-state index contributed by atoms with van der Waals surface area (Å²) in [5.74, 6) is 0.0926. The highest BCUT2D eigenvalue weighted by molar-refractivity contribution is 5.74. The summed E-state index contributed by atoms with van der Waals surface area (Å²) in [6.07, 6.45) is 3.22. The zero-order valence-electron chi connectivity index (χ0n) is 10.9. The zero-order chi connectivity index (χ0) is 12.2. The molecule has 0 atom stereocenters. The summed E-state index contributed by atoms with van der Waals surface area (Å²) in [5, 5.41) is 2.48. The average molecular weight is 230 g/mol. The van der Waals surface area contributed by atoms with Crippen molar-refractivity contribution in [1.29, 1.82) is 0 Å². The minimum absolute atomic E-state index is 0.0926. The number of morpholine rings is 1. The quantitative estimate of drug-likeness (QED) is 0.790. The Balaban J connectivity index is 0.000000325. The molecule has 1 aliphatic rings. The van der Waals surface area contributed by atoms with Crippen LogP contribution >= 0.6 is 0 Å². The Morgan fingerprint density at radius 1 is 1.31 bits per heavy atom. The summed E-state index contributed by atoms with van der Waals surface area (Å²) in [7, 11) is 1.63. The van der Waals surface area contributed by atoms with E-state index in [0.717, 1.165) is 26.3 Å². The molecule has 4 nitrogen and oxygen atoms in total. The molecule has 1 saturated heterocycles. The van der Waals surface area contributed by atoms with E-state index in [1.54, 1.807) is 7.05 Å². The largest absolute Gasteiger partial charge is 0.379 e. The standard InChI is InChI=1S/C8H17NO.C4H9NO/c1-2-3-4-9-5-7-10-8-6-9;1-3-4(6)5-2/h2-8H2,1H3;3H2,1-2H3,(H,5,6). The molecule has 96 valence electrons. The van der Waals surface area contributed by atoms with E-state index in [4.69, 9.17) is 4.74 Å². The summed E-state index contributed by atoms with van der Waals surface area (Å²) >= 11 is 0. The van der Waals surface area contributed by atoms with Crippen LogP contribution in [0.25, 0.3) is 0 Å². The molecule has 0 unspecified atom stereocenters. The van der Waals surface area contributed by atoms with Gasteiger partial charge in [0.25, 0.3) is 0 Å². The van der Waals surface area contributed by atoms with Crippen LogP contribution in [0.15, 0.2) is 0 Å². The molecular formula is C12H26N2O2. The Labute approximate surface area is 99.3 Å². The molecule has 16 heavy (non-hydrogen) atoms. The highest BCUT2D eigenvalue weighted by Gasteiger charge is 2.07. The summed E-state index contributed by atoms with van der Waals surface area (Å²) < 4.78 is 5.24. The molecule has 1 amide bonds. The molecule has 1 rings (SSSR count). The van der Waals surface area contributed by atoms with E-state index in [-0.39, 0.29) is 5.91 Å². The Kier molecular flexibility index (Phi) is 10.5. The van der Waals surface area contributed by atoms with Crippen molar-refractivity contribution in [3.63, 3.8) is 0 Å². The molecule has 0 aromatic rings. The highest BCUT2D eigenvalue weighted by atomic mass is 16.5. The SMILES string of the molecule is CCC(=O)NC.CCCCN1CCOCC1. The molecule has 1 heterocycles. The second kappa shape index (κ2) is 10.9. The fourth-order valence-electron chi connectivity index (χ4n) is 1.38. The van der Waals surface area contributed by atoms with Gasteiger partial charge in [-0.15, -0.1) is 0 Å². The smallest absolute Gasteiger partial charge is 0.219 e. The van der Waals surface area contributed by atoms with E-state index in [9.17, 15) is 4.79 Å². The van der Waals surface area contributed by atoms with Crippen LogP contribution in [0, 0.1) is 0 Å². The number of nitrogens with zero attached hydrogens (tertiary/aromatic N) is 1. The Bertz CT molecular complexity index is 162. The molecule has 0 radical (unpaired) electrons. The molecule has 1 N–H and O–H groups in total. The maximum atomic E-state index is 10.1. The normalized spacial score (nSPS) is 16.2. The summed E-state index contributed by atoms with van der Waals surface area (Å²) in [6.45, 7) is 9.46. The summed E-state index contributed by atoms with van der Waals surface area (Å²) in [5.41, 5.74) is 0. The lowest BCUT2D eigenvalue weighted by molar-refractivity contribution is -0.120. The van der Waals surface area contributed by atoms with E-state index in [0.29, 0.717) is 6.42 Å². The van der Waals surface area contributed by atoms with E-state index in [1.165, 1.54) is 19.4 Å². The molecule has 1 fully saturated rings. The van der Waals surface area contributed by atoms with Crippen molar-refractivity contribution in [3.8, 4) is 0 Å². The van der Waals surface area contributed by atoms with Gasteiger partial charge in [0.05, 0.1) is 13.2 Å². The zero-order valence-corrected chi connectivity index (χ0v) is 10.9. The van der Waals surface area contributed by atoms with Crippen molar-refractivity contribution < 1.29 is 9.53 Å². The van der Waals surface area contributed by atoms with Crippen LogP contribution in [0.3, 0.4) is 0 Å². The number of carbonyl (C=O) groups excluding carboxylic acids is 1. The van der Waals surface area contributed by atoms with Gasteiger partial charge < -0.3 is 10.1 Å². The fourth-order valence-corrected chi connectivity index (χ4v) is 1.38. The predicted octanol–water partition coefficient (Wildman–Crippen LogP) is 1.26. The third kappa shape index (κ3) is 8.68. The van der Waals surface area contributed by atoms with Gasteiger partial charge >= 0.3 is 0 Å². The van der Waals surface area contributed by atoms with Crippen LogP contribution < -0.4 is 5.32 Å². The topological polar surface area (TPSA) is 41.6 Å². The lowest BCUT2D eigenvalue weighted by atomic mass is 10.3. The summed E-state index contributed by atoms with van der Waals surface area (Å²) in [4.78, 5) is 12.5. The monoisotopic (exact) mass is 230 g/mol. The molecule has 0 aliphatic carbocycles. The summed E-state index contributed by atoms with van der Waals surface area (Å²) in [6, 6.07) is 0. The Hall–Kier alpha value is -0.610. The molecule has 0 saturated carbocycles. The molecule has 0 spiro atoms. The maximum Gasteiger partial charge on any atom is 0.219 e. The number of amides is 1. The first-order valence-electron chi connectivity index (χ1n) is 6.25. The van der Waals surface area contributed by atoms with Gasteiger partial charge in [0.15, 0.2) is 0 Å². The van der Waals surface area contributed by atoms with Crippen LogP contribution in [-0.4, -0.2) is 50.7 Å². The molecule has 0 aromatic carbocycles. The second-order valence-corrected chi connectivity index (χ2v) is 3.83. The molecule has 0 bridgehead atoms. The van der Waals surface area contributed by atoms with Gasteiger partial charge in [-0.2, -0.15) is 0 Å². The number of hydrogen-bond donors (Lipinski definition) is 1. The van der Waals surface area contributed by atoms with E-state index in [2.05, 4.69) is 17.1 Å². The Morgan fingerprint density at radius 2 is 1.94 bits per heavy atom. The van der Waals surface area contributed by atoms with Crippen LogP contribution in [0.5, 0.6) is 0 Å². The third-order valence-corrected chi connectivity index (χ3v) is 2.53. The fraction of sp³-hybridized carbons (Fsp3) is 0.917. The van der Waals surface area contributed by atoms with Gasteiger partial charge in [0.2, 0.25) is 5.91 Å². The lowest BCUT2D eigenvalue weighted by Gasteiger charge is -2.26. The van der Waals surface area contributed by atoms with Crippen molar-refractivity contribution in [2.45, 2.75) is 33.1 Å². The van der Waals surface area contributed by atoms with Crippen molar-refractivity contribution >= 4 is 5.91 Å². The van der Waals surface area contributed by atoms with Crippen LogP contribution in [0.4, 0.5) is 0 Å². The maximum absolute atomic E-state index is 10.1. The van der Waals surface area contributed by atoms with Crippen LogP contribution in [0.2, 0.25) is 0 Å².